The van der Waals surface area contributed by atoms with Crippen LogP contribution < -0.4 is 6.15 Å². The van der Waals surface area contributed by atoms with Gasteiger partial charge in [0.05, 0.1) is 0 Å². The van der Waals surface area contributed by atoms with E-state index in [1.807, 2.05) is 0 Å². The third-order valence-electron chi connectivity index (χ3n) is 0. The molecule has 0 atom stereocenters. The van der Waals surface area contributed by atoms with Crippen LogP contribution in [0.25, 0.3) is 0 Å². The average molecular weight is 339 g/mol. The summed E-state index contributed by atoms with van der Waals surface area (Å²) in [7, 11) is -9.28. The molecule has 0 bridgehead atoms. The van der Waals surface area contributed by atoms with Crippen LogP contribution in [0.4, 0.5) is 4.79 Å². The number of rotatable bonds is 0. The van der Waals surface area contributed by atoms with Crippen LogP contribution in [-0.2, 0) is 9.13 Å². The van der Waals surface area contributed by atoms with Crippen LogP contribution in [0.15, 0.2) is 0 Å². The Hall–Kier alpha value is 2.09. The van der Waals surface area contributed by atoms with Crippen LogP contribution in [0.5, 0.6) is 0 Å². The zero-order chi connectivity index (χ0) is 12.6. The Labute approximate surface area is 160 Å². The molecule has 0 aromatic heterocycles. The molecule has 0 amide bonds. The summed E-state index contributed by atoms with van der Waals surface area (Å²) in [6, 6.07) is 0. The molecule has 0 aliphatic heterocycles. The summed E-state index contributed by atoms with van der Waals surface area (Å²) in [5.74, 6) is 0. The Bertz CT molecular complexity index is 205. The van der Waals surface area contributed by atoms with Gasteiger partial charge < -0.3 is 45.7 Å². The number of carboxylic acid groups (broad SMARTS) is 2. The summed E-state index contributed by atoms with van der Waals surface area (Å²) in [6.45, 7) is 0. The van der Waals surface area contributed by atoms with E-state index in [0.29, 0.717) is 0 Å². The van der Waals surface area contributed by atoms with Gasteiger partial charge in [0.25, 0.3) is 0 Å². The molecule has 0 aromatic carbocycles. The summed E-state index contributed by atoms with van der Waals surface area (Å²) >= 11 is 0. The van der Waals surface area contributed by atoms with Crippen LogP contribution in [0.3, 0.4) is 0 Å². The molecule has 16 heteroatoms. The fraction of sp³-hybridized carbons (Fsp3) is 0. The topological polar surface area (TPSA) is 248 Å². The predicted octanol–water partition coefficient (Wildman–Crippen LogP) is -2.77. The van der Waals surface area contributed by atoms with E-state index in [4.69, 9.17) is 53.5 Å². The van der Waals surface area contributed by atoms with Gasteiger partial charge in [-0.1, -0.05) is 0 Å². The number of hydrogen-bond acceptors (Lipinski definition) is 4. The number of hydrogen-bond donors (Lipinski definition) is 9. The summed E-state index contributed by atoms with van der Waals surface area (Å²) in [6.07, 6.45) is -1.83. The molecule has 0 spiro atoms. The van der Waals surface area contributed by atoms with Crippen molar-refractivity contribution in [3.63, 3.8) is 0 Å². The SMILES string of the molecule is N.O=C(O)O.O=P(O)(O)O.O=P(O)(O)O.[KH].[NaH]. The second-order valence-corrected chi connectivity index (χ2v) is 3.36. The summed E-state index contributed by atoms with van der Waals surface area (Å²) in [4.78, 5) is 51.7. The van der Waals surface area contributed by atoms with E-state index in [-0.39, 0.29) is 87.1 Å². The maximum absolute atomic E-state index is 8.88. The van der Waals surface area contributed by atoms with Gasteiger partial charge in [-0.05, 0) is 0 Å². The van der Waals surface area contributed by atoms with E-state index in [0.717, 1.165) is 0 Å². The van der Waals surface area contributed by atoms with Crippen molar-refractivity contribution in [3.05, 3.63) is 0 Å². The van der Waals surface area contributed by atoms with Gasteiger partial charge in [0.15, 0.2) is 0 Å². The number of carbonyl (C=O) groups is 1. The average Bonchev–Trinajstić information content (AvgIpc) is 1.45. The first kappa shape index (κ1) is 36.5. The molecule has 100 valence electrons. The Morgan fingerprint density at radius 2 is 0.765 bits per heavy atom. The van der Waals surface area contributed by atoms with Crippen molar-refractivity contribution in [2.24, 2.45) is 0 Å². The molecule has 0 unspecified atom stereocenters. The first-order chi connectivity index (χ1) is 5.73. The van der Waals surface area contributed by atoms with Crippen LogP contribution in [0, 0.1) is 0 Å². The molecule has 0 aliphatic carbocycles. The van der Waals surface area contributed by atoms with Crippen molar-refractivity contribution in [2.45, 2.75) is 0 Å². The van der Waals surface area contributed by atoms with Gasteiger partial charge in [0.1, 0.15) is 0 Å². The Morgan fingerprint density at radius 3 is 0.765 bits per heavy atom. The summed E-state index contributed by atoms with van der Waals surface area (Å²) in [5, 5.41) is 13.9. The molecule has 0 aromatic rings. The van der Waals surface area contributed by atoms with Crippen molar-refractivity contribution >= 4 is 103 Å². The molecule has 0 rings (SSSR count). The Balaban J connectivity index is -0.0000000247. The van der Waals surface area contributed by atoms with Crippen molar-refractivity contribution < 1.29 is 53.5 Å². The van der Waals surface area contributed by atoms with Crippen LogP contribution in [0.2, 0.25) is 0 Å². The normalized spacial score (nSPS) is 8.35. The Kier molecular flexibility index (Phi) is 38.8. The number of phosphoric acid groups is 2. The summed E-state index contributed by atoms with van der Waals surface area (Å²) in [5.41, 5.74) is 0. The third-order valence-corrected chi connectivity index (χ3v) is 0. The van der Waals surface area contributed by atoms with Gasteiger partial charge in [-0.2, -0.15) is 0 Å². The molecular weight excluding hydrogens is 326 g/mol. The quantitative estimate of drug-likeness (QED) is 0.161. The van der Waals surface area contributed by atoms with Crippen molar-refractivity contribution in [2.75, 3.05) is 0 Å². The molecule has 0 radical (unpaired) electrons. The molecule has 0 saturated heterocycles. The summed E-state index contributed by atoms with van der Waals surface area (Å²) < 4.78 is 17.8. The molecule has 0 aliphatic rings. The monoisotopic (exact) mass is 339 g/mol. The first-order valence-electron chi connectivity index (χ1n) is 2.22. The second kappa shape index (κ2) is 18.1. The van der Waals surface area contributed by atoms with Gasteiger partial charge in [-0.15, -0.1) is 0 Å². The maximum atomic E-state index is 8.88. The van der Waals surface area contributed by atoms with E-state index >= 15 is 0 Å². The fourth-order valence-corrected chi connectivity index (χ4v) is 0. The minimum absolute atomic E-state index is 0. The van der Waals surface area contributed by atoms with Gasteiger partial charge >= 0.3 is 103 Å². The minimum atomic E-state index is -4.64. The van der Waals surface area contributed by atoms with E-state index < -0.39 is 21.8 Å². The van der Waals surface area contributed by atoms with E-state index in [1.54, 1.807) is 0 Å². The van der Waals surface area contributed by atoms with Gasteiger partial charge in [-0.3, -0.25) is 0 Å². The van der Waals surface area contributed by atoms with Crippen LogP contribution >= 0.6 is 15.6 Å². The standard InChI is InChI=1S/CH2O3.K.H3N.Na.2H3O4P.2H/c2-1(3)4;;;;2*1-5(2,3)4;;/h(H2,2,3,4);;1H3;;2*(H3,1,2,3,4);;. The molecular formula is CH13KNNaO11P2. The van der Waals surface area contributed by atoms with E-state index in [9.17, 15) is 0 Å². The van der Waals surface area contributed by atoms with Crippen molar-refractivity contribution in [1.29, 1.82) is 0 Å². The predicted molar refractivity (Wildman–Crippen MR) is 58.5 cm³/mol. The Morgan fingerprint density at radius 1 is 0.765 bits per heavy atom. The third kappa shape index (κ3) is 1080. The molecule has 0 fully saturated rings. The molecule has 12 nitrogen and oxygen atoms in total. The van der Waals surface area contributed by atoms with Gasteiger partial charge in [-0.25, -0.2) is 13.9 Å². The van der Waals surface area contributed by atoms with Gasteiger partial charge in [0.2, 0.25) is 0 Å². The van der Waals surface area contributed by atoms with Crippen molar-refractivity contribution in [3.8, 4) is 0 Å². The van der Waals surface area contributed by atoms with Crippen LogP contribution in [-0.4, -0.2) is 127 Å². The first-order valence-corrected chi connectivity index (χ1v) is 5.35. The molecule has 0 heterocycles. The van der Waals surface area contributed by atoms with E-state index in [1.165, 1.54) is 0 Å². The molecule has 17 heavy (non-hydrogen) atoms. The van der Waals surface area contributed by atoms with Crippen molar-refractivity contribution in [1.82, 2.24) is 6.15 Å². The van der Waals surface area contributed by atoms with Crippen LogP contribution in [0.1, 0.15) is 0 Å². The molecule has 0 saturated carbocycles. The van der Waals surface area contributed by atoms with Gasteiger partial charge in [0, 0.05) is 0 Å². The fourth-order valence-electron chi connectivity index (χ4n) is 0. The van der Waals surface area contributed by atoms with E-state index in [2.05, 4.69) is 0 Å². The molecule has 11 N–H and O–H groups in total. The second-order valence-electron chi connectivity index (χ2n) is 1.31. The zero-order valence-corrected chi connectivity index (χ0v) is 8.69. The zero-order valence-electron chi connectivity index (χ0n) is 6.90.